The Morgan fingerprint density at radius 2 is 1.58 bits per heavy atom. The molecule has 0 spiro atoms. The molecule has 1 aliphatic heterocycles. The molecule has 5 heteroatoms. The number of hydrogen-bond acceptors (Lipinski definition) is 3. The van der Waals surface area contributed by atoms with Crippen molar-refractivity contribution in [1.29, 1.82) is 0 Å². The minimum Gasteiger partial charge on any atom is -0.350 e. The number of halogens is 1. The number of carbonyl (C=O) groups excluding carboxylic acids is 2. The van der Waals surface area contributed by atoms with Gasteiger partial charge in [-0.25, -0.2) is 0 Å². The molecule has 0 aliphatic carbocycles. The van der Waals surface area contributed by atoms with Gasteiger partial charge in [0.25, 0.3) is 11.8 Å². The van der Waals surface area contributed by atoms with Crippen LogP contribution in [0.25, 0.3) is 5.57 Å². The minimum atomic E-state index is -0.310. The van der Waals surface area contributed by atoms with E-state index < -0.39 is 0 Å². The Hall–Kier alpha value is -2.59. The van der Waals surface area contributed by atoms with Gasteiger partial charge in [-0.2, -0.15) is 0 Å². The Bertz CT molecular complexity index is 868. The van der Waals surface area contributed by atoms with Crippen LogP contribution < -0.4 is 5.32 Å². The number of amides is 2. The highest BCUT2D eigenvalue weighted by Crippen LogP contribution is 2.31. The Morgan fingerprint density at radius 3 is 2.12 bits per heavy atom. The highest BCUT2D eigenvalue weighted by atomic mass is 35.5. The Balaban J connectivity index is 2.02. The number of imide groups is 1. The molecule has 0 bridgehead atoms. The maximum Gasteiger partial charge on any atom is 0.278 e. The molecule has 134 valence electrons. The van der Waals surface area contributed by atoms with E-state index in [0.29, 0.717) is 34.3 Å². The molecule has 1 heterocycles. The van der Waals surface area contributed by atoms with Crippen LogP contribution in [-0.2, 0) is 9.59 Å². The van der Waals surface area contributed by atoms with Gasteiger partial charge in [-0.1, -0.05) is 49.7 Å². The van der Waals surface area contributed by atoms with Crippen LogP contribution in [0, 0.1) is 0 Å². The lowest BCUT2D eigenvalue weighted by atomic mass is 10.0. The average Bonchev–Trinajstić information content (AvgIpc) is 2.86. The first-order valence-corrected chi connectivity index (χ1v) is 9.03. The summed E-state index contributed by atoms with van der Waals surface area (Å²) in [5.74, 6) is -0.172. The number of likely N-dealkylation sites (N-methyl/N-ethyl adjacent to an activating group) is 1. The molecule has 2 amide bonds. The van der Waals surface area contributed by atoms with E-state index in [4.69, 9.17) is 11.6 Å². The smallest absolute Gasteiger partial charge is 0.278 e. The van der Waals surface area contributed by atoms with E-state index in [1.54, 1.807) is 31.2 Å². The van der Waals surface area contributed by atoms with Gasteiger partial charge in [-0.05, 0) is 48.2 Å². The van der Waals surface area contributed by atoms with Crippen molar-refractivity contribution in [3.8, 4) is 0 Å². The number of hydrogen-bond donors (Lipinski definition) is 1. The molecule has 2 aromatic carbocycles. The topological polar surface area (TPSA) is 49.4 Å². The third-order valence-corrected chi connectivity index (χ3v) is 4.72. The van der Waals surface area contributed by atoms with E-state index in [9.17, 15) is 9.59 Å². The number of nitrogens with one attached hydrogen (secondary N) is 1. The minimum absolute atomic E-state index is 0.291. The molecule has 0 aromatic heterocycles. The quantitative estimate of drug-likeness (QED) is 0.780. The summed E-state index contributed by atoms with van der Waals surface area (Å²) in [5, 5.41) is 3.73. The molecular formula is C21H21ClN2O2. The number of anilines is 1. The molecule has 3 rings (SSSR count). The molecule has 4 nitrogen and oxygen atoms in total. The average molecular weight is 369 g/mol. The standard InChI is InChI=1S/C21H21ClN2O2/c1-4-24-20(25)18(15-5-9-16(22)10-6-15)19(21(24)26)23-17-11-7-14(8-12-17)13(2)3/h5-13,23H,4H2,1-3H3. The van der Waals surface area contributed by atoms with Crippen LogP contribution in [0.2, 0.25) is 5.02 Å². The van der Waals surface area contributed by atoms with Crippen molar-refractivity contribution in [2.24, 2.45) is 0 Å². The van der Waals surface area contributed by atoms with Crippen molar-refractivity contribution >= 4 is 34.7 Å². The molecule has 1 aliphatic rings. The molecule has 0 fully saturated rings. The van der Waals surface area contributed by atoms with Crippen LogP contribution in [-0.4, -0.2) is 23.3 Å². The first-order chi connectivity index (χ1) is 12.4. The van der Waals surface area contributed by atoms with Crippen LogP contribution in [0.5, 0.6) is 0 Å². The second kappa shape index (κ2) is 7.34. The number of carbonyl (C=O) groups is 2. The van der Waals surface area contributed by atoms with E-state index in [2.05, 4.69) is 19.2 Å². The van der Waals surface area contributed by atoms with Gasteiger partial charge in [0.1, 0.15) is 5.70 Å². The highest BCUT2D eigenvalue weighted by molar-refractivity contribution is 6.36. The summed E-state index contributed by atoms with van der Waals surface area (Å²) in [6, 6.07) is 14.8. The van der Waals surface area contributed by atoms with Crippen molar-refractivity contribution in [3.63, 3.8) is 0 Å². The van der Waals surface area contributed by atoms with Gasteiger partial charge in [0.15, 0.2) is 0 Å². The third kappa shape index (κ3) is 3.37. The van der Waals surface area contributed by atoms with E-state index >= 15 is 0 Å². The van der Waals surface area contributed by atoms with E-state index in [1.165, 1.54) is 10.5 Å². The van der Waals surface area contributed by atoms with Crippen molar-refractivity contribution in [2.75, 3.05) is 11.9 Å². The summed E-state index contributed by atoms with van der Waals surface area (Å²) in [7, 11) is 0. The predicted molar refractivity (Wildman–Crippen MR) is 105 cm³/mol. The van der Waals surface area contributed by atoms with Crippen LogP contribution in [0.3, 0.4) is 0 Å². The molecule has 1 N–H and O–H groups in total. The largest absolute Gasteiger partial charge is 0.350 e. The summed E-state index contributed by atoms with van der Waals surface area (Å²) in [5.41, 5.74) is 3.34. The zero-order valence-corrected chi connectivity index (χ0v) is 15.8. The molecule has 2 aromatic rings. The van der Waals surface area contributed by atoms with Gasteiger partial charge < -0.3 is 5.32 Å². The SMILES string of the molecule is CCN1C(=O)C(Nc2ccc(C(C)C)cc2)=C(c2ccc(Cl)cc2)C1=O. The fourth-order valence-corrected chi connectivity index (χ4v) is 3.09. The van der Waals surface area contributed by atoms with E-state index in [1.807, 2.05) is 24.3 Å². The van der Waals surface area contributed by atoms with Crippen molar-refractivity contribution in [3.05, 3.63) is 70.4 Å². The lowest BCUT2D eigenvalue weighted by Gasteiger charge is -2.12. The number of benzene rings is 2. The summed E-state index contributed by atoms with van der Waals surface area (Å²) >= 11 is 5.95. The lowest BCUT2D eigenvalue weighted by molar-refractivity contribution is -0.136. The van der Waals surface area contributed by atoms with E-state index in [0.717, 1.165) is 5.69 Å². The number of rotatable bonds is 5. The monoisotopic (exact) mass is 368 g/mol. The van der Waals surface area contributed by atoms with Gasteiger partial charge >= 0.3 is 0 Å². The maximum absolute atomic E-state index is 12.8. The first-order valence-electron chi connectivity index (χ1n) is 8.65. The fourth-order valence-electron chi connectivity index (χ4n) is 2.96. The van der Waals surface area contributed by atoms with E-state index in [-0.39, 0.29) is 11.8 Å². The summed E-state index contributed by atoms with van der Waals surface area (Å²) in [4.78, 5) is 26.7. The van der Waals surface area contributed by atoms with Crippen LogP contribution >= 0.6 is 11.6 Å². The summed E-state index contributed by atoms with van der Waals surface area (Å²) in [6.45, 7) is 6.37. The van der Waals surface area contributed by atoms with Gasteiger partial charge in [0, 0.05) is 17.3 Å². The number of nitrogens with zero attached hydrogens (tertiary/aromatic N) is 1. The molecule has 0 unspecified atom stereocenters. The highest BCUT2D eigenvalue weighted by Gasteiger charge is 2.38. The van der Waals surface area contributed by atoms with Gasteiger partial charge in [-0.3, -0.25) is 14.5 Å². The first kappa shape index (κ1) is 18.2. The zero-order chi connectivity index (χ0) is 18.8. The summed E-state index contributed by atoms with van der Waals surface area (Å²) < 4.78 is 0. The molecule has 0 radical (unpaired) electrons. The normalized spacial score (nSPS) is 14.6. The zero-order valence-electron chi connectivity index (χ0n) is 15.0. The molecule has 26 heavy (non-hydrogen) atoms. The van der Waals surface area contributed by atoms with Crippen LogP contribution in [0.1, 0.15) is 37.8 Å². The molecule has 0 saturated carbocycles. The van der Waals surface area contributed by atoms with Crippen molar-refractivity contribution in [1.82, 2.24) is 4.90 Å². The Labute approximate surface area is 158 Å². The van der Waals surface area contributed by atoms with Crippen LogP contribution in [0.4, 0.5) is 5.69 Å². The van der Waals surface area contributed by atoms with Gasteiger partial charge in [-0.15, -0.1) is 0 Å². The van der Waals surface area contributed by atoms with Gasteiger partial charge in [0.05, 0.1) is 5.57 Å². The van der Waals surface area contributed by atoms with Gasteiger partial charge in [0.2, 0.25) is 0 Å². The second-order valence-electron chi connectivity index (χ2n) is 6.51. The summed E-state index contributed by atoms with van der Waals surface area (Å²) in [6.07, 6.45) is 0. The lowest BCUT2D eigenvalue weighted by Crippen LogP contribution is -2.32. The second-order valence-corrected chi connectivity index (χ2v) is 6.95. The Kier molecular flexibility index (Phi) is 5.14. The molecular weight excluding hydrogens is 348 g/mol. The predicted octanol–water partition coefficient (Wildman–Crippen LogP) is 4.68. The maximum atomic E-state index is 12.8. The Morgan fingerprint density at radius 1 is 0.962 bits per heavy atom. The molecule has 0 atom stereocenters. The van der Waals surface area contributed by atoms with Crippen LogP contribution in [0.15, 0.2) is 54.2 Å². The third-order valence-electron chi connectivity index (χ3n) is 4.46. The van der Waals surface area contributed by atoms with Crippen molar-refractivity contribution in [2.45, 2.75) is 26.7 Å². The fraction of sp³-hybridized carbons (Fsp3) is 0.238. The van der Waals surface area contributed by atoms with Crippen molar-refractivity contribution < 1.29 is 9.59 Å². The molecule has 0 saturated heterocycles.